The maximum Gasteiger partial charge on any atom is 0.330 e. The number of H-pyrrole nitrogens is 1. The highest BCUT2D eigenvalue weighted by molar-refractivity contribution is 5.91. The van der Waals surface area contributed by atoms with E-state index >= 15 is 0 Å². The van der Waals surface area contributed by atoms with Crippen LogP contribution in [0.5, 0.6) is 0 Å². The summed E-state index contributed by atoms with van der Waals surface area (Å²) in [7, 11) is 0. The standard InChI is InChI=1S/C23H34N6O4/c1-3-5-11-29-21(24)20(22(31)26-23(29)32)27(4-2)12-10-19(30)25-17-6-8-18(9-7-17)28-13-15-33-16-14-28/h6-9H,3-5,10-16,24H2,1-2H3,(H,25,30)(H,26,31,32). The quantitative estimate of drug-likeness (QED) is 0.494. The van der Waals surface area contributed by atoms with E-state index in [2.05, 4.69) is 15.2 Å². The van der Waals surface area contributed by atoms with Crippen molar-refractivity contribution in [1.82, 2.24) is 9.55 Å². The van der Waals surface area contributed by atoms with Crippen LogP contribution in [0.3, 0.4) is 0 Å². The van der Waals surface area contributed by atoms with E-state index in [0.29, 0.717) is 25.3 Å². The molecule has 0 aliphatic carbocycles. The van der Waals surface area contributed by atoms with Crippen LogP contribution in [0.25, 0.3) is 0 Å². The number of anilines is 4. The summed E-state index contributed by atoms with van der Waals surface area (Å²) < 4.78 is 6.77. The number of nitrogens with zero attached hydrogens (tertiary/aromatic N) is 3. The van der Waals surface area contributed by atoms with Crippen molar-refractivity contribution in [3.8, 4) is 0 Å². The number of amides is 1. The summed E-state index contributed by atoms with van der Waals surface area (Å²) in [6.07, 6.45) is 1.84. The Labute approximate surface area is 193 Å². The van der Waals surface area contributed by atoms with Gasteiger partial charge < -0.3 is 25.6 Å². The van der Waals surface area contributed by atoms with Crippen molar-refractivity contribution in [1.29, 1.82) is 0 Å². The zero-order valence-corrected chi connectivity index (χ0v) is 19.4. The molecule has 0 unspecified atom stereocenters. The molecule has 0 bridgehead atoms. The van der Waals surface area contributed by atoms with E-state index in [4.69, 9.17) is 10.5 Å². The first-order valence-electron chi connectivity index (χ1n) is 11.5. The molecule has 33 heavy (non-hydrogen) atoms. The van der Waals surface area contributed by atoms with E-state index in [9.17, 15) is 14.4 Å². The normalized spacial score (nSPS) is 13.7. The molecule has 1 aromatic heterocycles. The van der Waals surface area contributed by atoms with Crippen LogP contribution in [0.4, 0.5) is 22.9 Å². The van der Waals surface area contributed by atoms with Crippen LogP contribution in [0.15, 0.2) is 33.9 Å². The van der Waals surface area contributed by atoms with Crippen molar-refractivity contribution in [3.05, 3.63) is 45.1 Å². The van der Waals surface area contributed by atoms with Crippen LogP contribution < -0.4 is 32.1 Å². The predicted molar refractivity (Wildman–Crippen MR) is 131 cm³/mol. The lowest BCUT2D eigenvalue weighted by Crippen LogP contribution is -2.39. The Kier molecular flexibility index (Phi) is 8.53. The molecule has 2 heterocycles. The number of hydrogen-bond acceptors (Lipinski definition) is 7. The lowest BCUT2D eigenvalue weighted by Gasteiger charge is -2.29. The van der Waals surface area contributed by atoms with Gasteiger partial charge in [0.1, 0.15) is 11.5 Å². The molecule has 1 aromatic carbocycles. The van der Waals surface area contributed by atoms with Gasteiger partial charge in [0.15, 0.2) is 0 Å². The zero-order valence-electron chi connectivity index (χ0n) is 19.4. The van der Waals surface area contributed by atoms with Crippen molar-refractivity contribution < 1.29 is 9.53 Å². The topological polar surface area (TPSA) is 126 Å². The van der Waals surface area contributed by atoms with Crippen molar-refractivity contribution in [2.24, 2.45) is 0 Å². The van der Waals surface area contributed by atoms with E-state index in [-0.39, 0.29) is 23.8 Å². The number of nitrogens with one attached hydrogen (secondary N) is 2. The van der Waals surface area contributed by atoms with Crippen molar-refractivity contribution in [2.75, 3.05) is 60.2 Å². The van der Waals surface area contributed by atoms with E-state index in [0.717, 1.165) is 44.8 Å². The first kappa shape index (κ1) is 24.4. The summed E-state index contributed by atoms with van der Waals surface area (Å²) in [5.74, 6) is -0.0277. The average Bonchev–Trinajstić information content (AvgIpc) is 2.82. The largest absolute Gasteiger partial charge is 0.383 e. The molecule has 1 saturated heterocycles. The molecular formula is C23H34N6O4. The third kappa shape index (κ3) is 6.16. The summed E-state index contributed by atoms with van der Waals surface area (Å²) in [5, 5.41) is 2.90. The van der Waals surface area contributed by atoms with Crippen LogP contribution in [0.2, 0.25) is 0 Å². The molecule has 180 valence electrons. The molecule has 0 spiro atoms. The zero-order chi connectivity index (χ0) is 23.8. The molecule has 1 aliphatic heterocycles. The Morgan fingerprint density at radius 2 is 1.88 bits per heavy atom. The summed E-state index contributed by atoms with van der Waals surface area (Å²) >= 11 is 0. The third-order valence-corrected chi connectivity index (χ3v) is 5.78. The minimum absolute atomic E-state index is 0.137. The van der Waals surface area contributed by atoms with Gasteiger partial charge >= 0.3 is 5.69 Å². The molecule has 4 N–H and O–H groups in total. The summed E-state index contributed by atoms with van der Waals surface area (Å²) in [6.45, 7) is 8.24. The van der Waals surface area contributed by atoms with Crippen LogP contribution in [0.1, 0.15) is 33.1 Å². The number of unbranched alkanes of at least 4 members (excludes halogenated alkanes) is 1. The number of nitrogens with two attached hydrogens (primary N) is 1. The second-order valence-electron chi connectivity index (χ2n) is 8.02. The number of ether oxygens (including phenoxy) is 1. The third-order valence-electron chi connectivity index (χ3n) is 5.78. The van der Waals surface area contributed by atoms with Crippen molar-refractivity contribution in [3.63, 3.8) is 0 Å². The molecule has 3 rings (SSSR count). The van der Waals surface area contributed by atoms with Crippen molar-refractivity contribution in [2.45, 2.75) is 39.7 Å². The van der Waals surface area contributed by atoms with Gasteiger partial charge in [-0.15, -0.1) is 0 Å². The van der Waals surface area contributed by atoms with E-state index < -0.39 is 11.2 Å². The second kappa shape index (κ2) is 11.6. The number of aromatic amines is 1. The fourth-order valence-electron chi connectivity index (χ4n) is 3.89. The predicted octanol–water partition coefficient (Wildman–Crippen LogP) is 1.61. The number of hydrogen-bond donors (Lipinski definition) is 3. The number of carbonyl (C=O) groups excluding carboxylic acids is 1. The van der Waals surface area contributed by atoms with Crippen LogP contribution in [-0.4, -0.2) is 54.9 Å². The first-order valence-corrected chi connectivity index (χ1v) is 11.5. The smallest absolute Gasteiger partial charge is 0.330 e. The molecule has 2 aromatic rings. The number of rotatable bonds is 10. The van der Waals surface area contributed by atoms with Crippen LogP contribution >= 0.6 is 0 Å². The van der Waals surface area contributed by atoms with Gasteiger partial charge in [-0.1, -0.05) is 13.3 Å². The molecule has 1 amide bonds. The van der Waals surface area contributed by atoms with Gasteiger partial charge in [-0.3, -0.25) is 19.1 Å². The summed E-state index contributed by atoms with van der Waals surface area (Å²) in [6, 6.07) is 7.73. The molecule has 0 atom stereocenters. The van der Waals surface area contributed by atoms with Gasteiger partial charge in [-0.25, -0.2) is 4.79 Å². The lowest BCUT2D eigenvalue weighted by atomic mass is 10.2. The SMILES string of the molecule is CCCCn1c(N)c(N(CC)CCC(=O)Nc2ccc(N3CCOCC3)cc2)c(=O)[nH]c1=O. The lowest BCUT2D eigenvalue weighted by molar-refractivity contribution is -0.116. The molecule has 0 radical (unpaired) electrons. The molecule has 0 saturated carbocycles. The Morgan fingerprint density at radius 3 is 2.52 bits per heavy atom. The maximum absolute atomic E-state index is 12.5. The number of carbonyl (C=O) groups is 1. The molecule has 1 fully saturated rings. The number of aromatic nitrogens is 2. The molecule has 10 heteroatoms. The number of benzene rings is 1. The van der Waals surface area contributed by atoms with Crippen LogP contribution in [0, 0.1) is 0 Å². The van der Waals surface area contributed by atoms with Gasteiger partial charge in [-0.05, 0) is 37.6 Å². The van der Waals surface area contributed by atoms with Gasteiger partial charge in [-0.2, -0.15) is 0 Å². The van der Waals surface area contributed by atoms with E-state index in [1.165, 1.54) is 4.57 Å². The van der Waals surface area contributed by atoms with Gasteiger partial charge in [0.2, 0.25) is 5.91 Å². The molecule has 10 nitrogen and oxygen atoms in total. The second-order valence-corrected chi connectivity index (χ2v) is 8.02. The highest BCUT2D eigenvalue weighted by Crippen LogP contribution is 2.20. The Hall–Kier alpha value is -3.27. The average molecular weight is 459 g/mol. The van der Waals surface area contributed by atoms with Gasteiger partial charge in [0.05, 0.1) is 13.2 Å². The van der Waals surface area contributed by atoms with E-state index in [1.807, 2.05) is 38.1 Å². The number of morpholine rings is 1. The minimum atomic E-state index is -0.536. The fraction of sp³-hybridized carbons (Fsp3) is 0.522. The highest BCUT2D eigenvalue weighted by atomic mass is 16.5. The Bertz CT molecular complexity index is 1040. The fourth-order valence-corrected chi connectivity index (χ4v) is 3.89. The molecule has 1 aliphatic rings. The maximum atomic E-state index is 12.5. The monoisotopic (exact) mass is 458 g/mol. The Morgan fingerprint density at radius 1 is 1.18 bits per heavy atom. The summed E-state index contributed by atoms with van der Waals surface area (Å²) in [5.41, 5.74) is 7.19. The van der Waals surface area contributed by atoms with Crippen LogP contribution in [-0.2, 0) is 16.1 Å². The summed E-state index contributed by atoms with van der Waals surface area (Å²) in [4.78, 5) is 43.5. The molecular weight excluding hydrogens is 424 g/mol. The minimum Gasteiger partial charge on any atom is -0.383 e. The highest BCUT2D eigenvalue weighted by Gasteiger charge is 2.19. The Balaban J connectivity index is 1.63. The van der Waals surface area contributed by atoms with Gasteiger partial charge in [0, 0.05) is 50.5 Å². The first-order chi connectivity index (χ1) is 15.9. The van der Waals surface area contributed by atoms with Gasteiger partial charge in [0.25, 0.3) is 5.56 Å². The number of nitrogen functional groups attached to an aromatic ring is 1. The van der Waals surface area contributed by atoms with Crippen molar-refractivity contribution >= 4 is 28.8 Å². The van der Waals surface area contributed by atoms with E-state index in [1.54, 1.807) is 4.90 Å².